The zero-order valence-electron chi connectivity index (χ0n) is 10.1. The molecule has 0 amide bonds. The molecule has 0 aromatic carbocycles. The van der Waals surface area contributed by atoms with E-state index in [1.165, 1.54) is 0 Å². The van der Waals surface area contributed by atoms with Gasteiger partial charge in [-0.3, -0.25) is 9.59 Å². The smallest absolute Gasteiger partial charge is 0.309 e. The van der Waals surface area contributed by atoms with Gasteiger partial charge in [0.05, 0.1) is 18.1 Å². The fraction of sp³-hybridized carbons (Fsp3) is 0.692. The van der Waals surface area contributed by atoms with Crippen molar-refractivity contribution in [3.63, 3.8) is 0 Å². The van der Waals surface area contributed by atoms with Crippen LogP contribution in [0, 0.1) is 11.8 Å². The highest BCUT2D eigenvalue weighted by Gasteiger charge is 2.51. The van der Waals surface area contributed by atoms with Crippen molar-refractivity contribution < 1.29 is 24.5 Å². The predicted octanol–water partition coefficient (Wildman–Crippen LogP) is 1.68. The SMILES string of the molecule is O=C(O)CC/C=C\C[C@H]1[C@@H](C(=O)O)[C@@H]2CC[C@H]1O2. The second-order valence-corrected chi connectivity index (χ2v) is 4.96. The van der Waals surface area contributed by atoms with Crippen molar-refractivity contribution >= 4 is 11.9 Å². The molecular formula is C13H18O5. The van der Waals surface area contributed by atoms with Crippen LogP contribution in [0.1, 0.15) is 32.1 Å². The molecule has 100 valence electrons. The van der Waals surface area contributed by atoms with E-state index in [9.17, 15) is 14.7 Å². The quantitative estimate of drug-likeness (QED) is 0.704. The van der Waals surface area contributed by atoms with Crippen LogP contribution in [-0.2, 0) is 14.3 Å². The average molecular weight is 254 g/mol. The molecule has 5 nitrogen and oxygen atoms in total. The van der Waals surface area contributed by atoms with E-state index < -0.39 is 17.9 Å². The Morgan fingerprint density at radius 2 is 1.89 bits per heavy atom. The number of allylic oxidation sites excluding steroid dienone is 2. The third-order valence-corrected chi connectivity index (χ3v) is 3.81. The van der Waals surface area contributed by atoms with Gasteiger partial charge in [0, 0.05) is 12.3 Å². The number of carbonyl (C=O) groups is 2. The van der Waals surface area contributed by atoms with Crippen LogP contribution in [0.25, 0.3) is 0 Å². The maximum absolute atomic E-state index is 11.2. The maximum atomic E-state index is 11.2. The van der Waals surface area contributed by atoms with Gasteiger partial charge in [0.25, 0.3) is 0 Å². The molecule has 0 unspecified atom stereocenters. The number of carboxylic acid groups (broad SMARTS) is 2. The molecule has 2 fully saturated rings. The van der Waals surface area contributed by atoms with Crippen LogP contribution < -0.4 is 0 Å². The van der Waals surface area contributed by atoms with E-state index in [0.29, 0.717) is 12.8 Å². The van der Waals surface area contributed by atoms with Crippen molar-refractivity contribution in [2.45, 2.75) is 44.3 Å². The average Bonchev–Trinajstić information content (AvgIpc) is 2.87. The molecule has 0 radical (unpaired) electrons. The number of aliphatic carboxylic acids is 2. The Hall–Kier alpha value is -1.36. The summed E-state index contributed by atoms with van der Waals surface area (Å²) in [5, 5.41) is 17.7. The molecule has 18 heavy (non-hydrogen) atoms. The molecule has 0 aromatic rings. The van der Waals surface area contributed by atoms with E-state index in [2.05, 4.69) is 0 Å². The van der Waals surface area contributed by atoms with Gasteiger partial charge in [-0.2, -0.15) is 0 Å². The van der Waals surface area contributed by atoms with Crippen LogP contribution in [0.2, 0.25) is 0 Å². The van der Waals surface area contributed by atoms with Crippen LogP contribution in [0.5, 0.6) is 0 Å². The third kappa shape index (κ3) is 2.72. The lowest BCUT2D eigenvalue weighted by atomic mass is 9.77. The molecule has 2 aliphatic rings. The van der Waals surface area contributed by atoms with Crippen molar-refractivity contribution in [2.24, 2.45) is 11.8 Å². The lowest BCUT2D eigenvalue weighted by Crippen LogP contribution is -2.33. The lowest BCUT2D eigenvalue weighted by molar-refractivity contribution is -0.144. The summed E-state index contributed by atoms with van der Waals surface area (Å²) in [4.78, 5) is 21.5. The normalized spacial score (nSPS) is 34.2. The van der Waals surface area contributed by atoms with Gasteiger partial charge in [-0.25, -0.2) is 0 Å². The standard InChI is InChI=1S/C13H18O5/c14-11(15)5-3-1-2-4-8-9-6-7-10(18-9)12(8)13(16)17/h1-2,8-10,12H,3-7H2,(H,14,15)(H,16,17)/b2-1-/t8-,9-,10+,12-/m1/s1. The number of carboxylic acids is 2. The first-order chi connectivity index (χ1) is 8.59. The molecule has 0 aromatic heterocycles. The number of ether oxygens (including phenoxy) is 1. The second kappa shape index (κ2) is 5.52. The van der Waals surface area contributed by atoms with Gasteiger partial charge in [-0.05, 0) is 25.7 Å². The van der Waals surface area contributed by atoms with Crippen molar-refractivity contribution in [2.75, 3.05) is 0 Å². The molecule has 4 atom stereocenters. The summed E-state index contributed by atoms with van der Waals surface area (Å²) < 4.78 is 5.65. The predicted molar refractivity (Wildman–Crippen MR) is 63.1 cm³/mol. The van der Waals surface area contributed by atoms with Crippen LogP contribution >= 0.6 is 0 Å². The van der Waals surface area contributed by atoms with Crippen LogP contribution in [-0.4, -0.2) is 34.4 Å². The van der Waals surface area contributed by atoms with Crippen LogP contribution in [0.15, 0.2) is 12.2 Å². The Bertz CT molecular complexity index is 362. The monoisotopic (exact) mass is 254 g/mol. The van der Waals surface area contributed by atoms with Gasteiger partial charge in [-0.1, -0.05) is 12.2 Å². The third-order valence-electron chi connectivity index (χ3n) is 3.81. The molecule has 0 aliphatic carbocycles. The van der Waals surface area contributed by atoms with E-state index >= 15 is 0 Å². The zero-order chi connectivity index (χ0) is 13.1. The molecule has 2 rings (SSSR count). The summed E-state index contributed by atoms with van der Waals surface area (Å²) in [7, 11) is 0. The van der Waals surface area contributed by atoms with Crippen molar-refractivity contribution in [3.05, 3.63) is 12.2 Å². The van der Waals surface area contributed by atoms with Crippen LogP contribution in [0.3, 0.4) is 0 Å². The number of hydrogen-bond acceptors (Lipinski definition) is 3. The van der Waals surface area contributed by atoms with E-state index in [0.717, 1.165) is 12.8 Å². The molecule has 2 saturated heterocycles. The fourth-order valence-electron chi connectivity index (χ4n) is 2.99. The Morgan fingerprint density at radius 1 is 1.17 bits per heavy atom. The molecule has 0 spiro atoms. The topological polar surface area (TPSA) is 83.8 Å². The summed E-state index contributed by atoms with van der Waals surface area (Å²) in [5.41, 5.74) is 0. The molecule has 2 heterocycles. The van der Waals surface area contributed by atoms with Crippen molar-refractivity contribution in [1.82, 2.24) is 0 Å². The van der Waals surface area contributed by atoms with Gasteiger partial charge in [0.1, 0.15) is 0 Å². The molecule has 2 bridgehead atoms. The molecule has 5 heteroatoms. The zero-order valence-corrected chi connectivity index (χ0v) is 10.1. The van der Waals surface area contributed by atoms with E-state index in [4.69, 9.17) is 9.84 Å². The first-order valence-corrected chi connectivity index (χ1v) is 6.34. The summed E-state index contributed by atoms with van der Waals surface area (Å²) in [6.07, 6.45) is 6.74. The van der Waals surface area contributed by atoms with Crippen molar-refractivity contribution in [1.29, 1.82) is 0 Å². The van der Waals surface area contributed by atoms with Gasteiger partial charge in [-0.15, -0.1) is 0 Å². The highest BCUT2D eigenvalue weighted by atomic mass is 16.5. The molecular weight excluding hydrogens is 236 g/mol. The summed E-state index contributed by atoms with van der Waals surface area (Å²) in [6.45, 7) is 0. The first kappa shape index (κ1) is 13.1. The summed E-state index contributed by atoms with van der Waals surface area (Å²) >= 11 is 0. The number of fused-ring (bicyclic) bond motifs is 2. The maximum Gasteiger partial charge on any atom is 0.309 e. The Balaban J connectivity index is 1.84. The Kier molecular flexibility index (Phi) is 4.01. The van der Waals surface area contributed by atoms with Crippen LogP contribution in [0.4, 0.5) is 0 Å². The van der Waals surface area contributed by atoms with Gasteiger partial charge >= 0.3 is 11.9 Å². The van der Waals surface area contributed by atoms with E-state index in [1.54, 1.807) is 0 Å². The minimum Gasteiger partial charge on any atom is -0.481 e. The minimum atomic E-state index is -0.814. The highest BCUT2D eigenvalue weighted by molar-refractivity contribution is 5.72. The Morgan fingerprint density at radius 3 is 2.56 bits per heavy atom. The lowest BCUT2D eigenvalue weighted by Gasteiger charge is -2.23. The summed E-state index contributed by atoms with van der Waals surface area (Å²) in [5.74, 6) is -1.94. The highest BCUT2D eigenvalue weighted by Crippen LogP contribution is 2.45. The van der Waals surface area contributed by atoms with Gasteiger partial charge < -0.3 is 14.9 Å². The Labute approximate surface area is 105 Å². The number of rotatable bonds is 6. The van der Waals surface area contributed by atoms with E-state index in [1.807, 2.05) is 12.2 Å². The summed E-state index contributed by atoms with van der Waals surface area (Å²) in [6, 6.07) is 0. The molecule has 0 saturated carbocycles. The molecule has 2 N–H and O–H groups in total. The molecule has 2 aliphatic heterocycles. The largest absolute Gasteiger partial charge is 0.481 e. The number of hydrogen-bond donors (Lipinski definition) is 2. The minimum absolute atomic E-state index is 0.0438. The van der Waals surface area contributed by atoms with Crippen molar-refractivity contribution in [3.8, 4) is 0 Å². The fourth-order valence-corrected chi connectivity index (χ4v) is 2.99. The van der Waals surface area contributed by atoms with Gasteiger partial charge in [0.2, 0.25) is 0 Å². The first-order valence-electron chi connectivity index (χ1n) is 6.34. The van der Waals surface area contributed by atoms with Gasteiger partial charge in [0.15, 0.2) is 0 Å². The van der Waals surface area contributed by atoms with E-state index in [-0.39, 0.29) is 24.5 Å². The second-order valence-electron chi connectivity index (χ2n) is 4.96.